The van der Waals surface area contributed by atoms with Crippen LogP contribution in [0.2, 0.25) is 0 Å². The molecule has 1 aliphatic rings. The number of nitrogens with one attached hydrogen (secondary N) is 1. The Bertz CT molecular complexity index is 519. The van der Waals surface area contributed by atoms with Gasteiger partial charge in [0.1, 0.15) is 5.82 Å². The Morgan fingerprint density at radius 3 is 2.74 bits per heavy atom. The molecule has 19 heavy (non-hydrogen) atoms. The standard InChI is InChI=1S/C13H15BrN2O3/c1-7-5-8(14)6-15-11(7)16-12(17)9-3-2-4-10(9)13(18)19/h5-6,9-10H,2-4H2,1H3,(H,18,19)(H,15,16,17)/t9-,10+/m1/s1. The van der Waals surface area contributed by atoms with Crippen molar-refractivity contribution in [2.45, 2.75) is 26.2 Å². The number of carbonyl (C=O) groups excluding carboxylic acids is 1. The smallest absolute Gasteiger partial charge is 0.307 e. The molecule has 1 fully saturated rings. The molecule has 2 N–H and O–H groups in total. The average Bonchev–Trinajstić information content (AvgIpc) is 2.82. The number of aliphatic carboxylic acids is 1. The minimum atomic E-state index is -0.891. The molecule has 0 aromatic carbocycles. The Morgan fingerprint density at radius 1 is 1.42 bits per heavy atom. The average molecular weight is 327 g/mol. The fourth-order valence-electron chi connectivity index (χ4n) is 2.45. The van der Waals surface area contributed by atoms with E-state index in [0.717, 1.165) is 16.5 Å². The highest BCUT2D eigenvalue weighted by Gasteiger charge is 2.37. The van der Waals surface area contributed by atoms with Crippen LogP contribution in [-0.4, -0.2) is 22.0 Å². The zero-order valence-corrected chi connectivity index (χ0v) is 12.1. The van der Waals surface area contributed by atoms with Crippen molar-refractivity contribution in [2.75, 3.05) is 5.32 Å². The number of carboxylic acid groups (broad SMARTS) is 1. The third-order valence-corrected chi connectivity index (χ3v) is 3.89. The number of hydrogen-bond donors (Lipinski definition) is 2. The van der Waals surface area contributed by atoms with E-state index < -0.39 is 17.8 Å². The normalized spacial score (nSPS) is 22.2. The van der Waals surface area contributed by atoms with Gasteiger partial charge in [-0.1, -0.05) is 6.42 Å². The maximum atomic E-state index is 12.1. The summed E-state index contributed by atoms with van der Waals surface area (Å²) in [6.45, 7) is 1.84. The van der Waals surface area contributed by atoms with E-state index in [1.165, 1.54) is 0 Å². The van der Waals surface area contributed by atoms with Gasteiger partial charge in [-0.05, 0) is 47.3 Å². The number of aromatic nitrogens is 1. The van der Waals surface area contributed by atoms with Crippen LogP contribution in [0.15, 0.2) is 16.7 Å². The quantitative estimate of drug-likeness (QED) is 0.894. The zero-order valence-electron chi connectivity index (χ0n) is 10.5. The molecule has 1 heterocycles. The molecular weight excluding hydrogens is 312 g/mol. The van der Waals surface area contributed by atoms with Crippen molar-refractivity contribution in [3.63, 3.8) is 0 Å². The molecule has 1 aliphatic carbocycles. The third kappa shape index (κ3) is 3.12. The van der Waals surface area contributed by atoms with Crippen LogP contribution in [0.4, 0.5) is 5.82 Å². The number of nitrogens with zero attached hydrogens (tertiary/aromatic N) is 1. The fraction of sp³-hybridized carbons (Fsp3) is 0.462. The number of carboxylic acids is 1. The number of anilines is 1. The molecule has 0 saturated heterocycles. The lowest BCUT2D eigenvalue weighted by molar-refractivity contribution is -0.145. The van der Waals surface area contributed by atoms with Crippen LogP contribution in [0, 0.1) is 18.8 Å². The lowest BCUT2D eigenvalue weighted by Gasteiger charge is -2.16. The van der Waals surface area contributed by atoms with Crippen LogP contribution in [0.5, 0.6) is 0 Å². The second kappa shape index (κ2) is 5.69. The van der Waals surface area contributed by atoms with Crippen molar-refractivity contribution in [3.05, 3.63) is 22.3 Å². The monoisotopic (exact) mass is 326 g/mol. The van der Waals surface area contributed by atoms with Gasteiger partial charge in [-0.2, -0.15) is 0 Å². The van der Waals surface area contributed by atoms with Crippen LogP contribution in [-0.2, 0) is 9.59 Å². The van der Waals surface area contributed by atoms with Crippen LogP contribution < -0.4 is 5.32 Å². The van der Waals surface area contributed by atoms with Crippen LogP contribution in [0.25, 0.3) is 0 Å². The summed E-state index contributed by atoms with van der Waals surface area (Å²) in [7, 11) is 0. The molecule has 0 radical (unpaired) electrons. The molecule has 2 rings (SSSR count). The van der Waals surface area contributed by atoms with Crippen molar-refractivity contribution in [1.29, 1.82) is 0 Å². The van der Waals surface area contributed by atoms with Crippen molar-refractivity contribution in [3.8, 4) is 0 Å². The molecule has 102 valence electrons. The molecule has 2 atom stereocenters. The SMILES string of the molecule is Cc1cc(Br)cnc1NC(=O)[C@@H]1CCC[C@@H]1C(=O)O. The molecule has 0 bridgehead atoms. The van der Waals surface area contributed by atoms with E-state index >= 15 is 0 Å². The molecule has 1 saturated carbocycles. The summed E-state index contributed by atoms with van der Waals surface area (Å²) >= 11 is 3.30. The number of halogens is 1. The van der Waals surface area contributed by atoms with Crippen LogP contribution >= 0.6 is 15.9 Å². The van der Waals surface area contributed by atoms with Gasteiger partial charge in [0.2, 0.25) is 5.91 Å². The Hall–Kier alpha value is -1.43. The predicted molar refractivity (Wildman–Crippen MR) is 73.8 cm³/mol. The molecular formula is C13H15BrN2O3. The van der Waals surface area contributed by atoms with Gasteiger partial charge in [-0.3, -0.25) is 9.59 Å². The van der Waals surface area contributed by atoms with E-state index in [1.807, 2.05) is 13.0 Å². The number of carbonyl (C=O) groups is 2. The minimum absolute atomic E-state index is 0.247. The zero-order chi connectivity index (χ0) is 14.0. The van der Waals surface area contributed by atoms with Gasteiger partial charge < -0.3 is 10.4 Å². The van der Waals surface area contributed by atoms with Gasteiger partial charge in [-0.15, -0.1) is 0 Å². The van der Waals surface area contributed by atoms with E-state index in [-0.39, 0.29) is 5.91 Å². The first-order valence-electron chi connectivity index (χ1n) is 6.15. The Balaban J connectivity index is 2.10. The van der Waals surface area contributed by atoms with Crippen molar-refractivity contribution in [1.82, 2.24) is 4.98 Å². The second-order valence-electron chi connectivity index (χ2n) is 4.79. The highest BCUT2D eigenvalue weighted by molar-refractivity contribution is 9.10. The van der Waals surface area contributed by atoms with E-state index in [4.69, 9.17) is 5.11 Å². The molecule has 1 amide bonds. The minimum Gasteiger partial charge on any atom is -0.481 e. The highest BCUT2D eigenvalue weighted by Crippen LogP contribution is 2.33. The maximum absolute atomic E-state index is 12.1. The molecule has 0 spiro atoms. The van der Waals surface area contributed by atoms with E-state index in [9.17, 15) is 9.59 Å². The first-order valence-corrected chi connectivity index (χ1v) is 6.94. The Kier molecular flexibility index (Phi) is 4.19. The van der Waals surface area contributed by atoms with Gasteiger partial charge in [0, 0.05) is 10.7 Å². The van der Waals surface area contributed by atoms with Gasteiger partial charge in [-0.25, -0.2) is 4.98 Å². The first-order chi connectivity index (χ1) is 8.99. The number of hydrogen-bond acceptors (Lipinski definition) is 3. The number of amides is 1. The van der Waals surface area contributed by atoms with Gasteiger partial charge >= 0.3 is 5.97 Å². The summed E-state index contributed by atoms with van der Waals surface area (Å²) in [6.07, 6.45) is 3.58. The summed E-state index contributed by atoms with van der Waals surface area (Å²) in [4.78, 5) is 27.4. The summed E-state index contributed by atoms with van der Waals surface area (Å²) in [5, 5.41) is 11.8. The lowest BCUT2D eigenvalue weighted by Crippen LogP contribution is -2.30. The summed E-state index contributed by atoms with van der Waals surface area (Å²) < 4.78 is 0.840. The summed E-state index contributed by atoms with van der Waals surface area (Å²) in [5.74, 6) is -1.68. The van der Waals surface area contributed by atoms with Gasteiger partial charge in [0.05, 0.1) is 11.8 Å². The molecule has 6 heteroatoms. The van der Waals surface area contributed by atoms with Crippen LogP contribution in [0.1, 0.15) is 24.8 Å². The van der Waals surface area contributed by atoms with Crippen molar-refractivity contribution >= 4 is 33.6 Å². The second-order valence-corrected chi connectivity index (χ2v) is 5.71. The Labute approximate surface area is 119 Å². The molecule has 5 nitrogen and oxygen atoms in total. The fourth-order valence-corrected chi connectivity index (χ4v) is 2.90. The summed E-state index contributed by atoms with van der Waals surface area (Å²) in [5.41, 5.74) is 0.840. The van der Waals surface area contributed by atoms with E-state index in [0.29, 0.717) is 18.7 Å². The summed E-state index contributed by atoms with van der Waals surface area (Å²) in [6, 6.07) is 1.85. The van der Waals surface area contributed by atoms with Gasteiger partial charge in [0.25, 0.3) is 0 Å². The number of rotatable bonds is 3. The highest BCUT2D eigenvalue weighted by atomic mass is 79.9. The topological polar surface area (TPSA) is 79.3 Å². The van der Waals surface area contributed by atoms with Crippen LogP contribution in [0.3, 0.4) is 0 Å². The number of pyridine rings is 1. The largest absolute Gasteiger partial charge is 0.481 e. The van der Waals surface area contributed by atoms with Gasteiger partial charge in [0.15, 0.2) is 0 Å². The molecule has 0 aliphatic heterocycles. The lowest BCUT2D eigenvalue weighted by atomic mass is 9.95. The predicted octanol–water partition coefficient (Wildman–Crippen LogP) is 2.59. The number of aryl methyl sites for hydroxylation is 1. The molecule has 1 aromatic rings. The van der Waals surface area contributed by atoms with Crippen molar-refractivity contribution in [2.24, 2.45) is 11.8 Å². The van der Waals surface area contributed by atoms with E-state index in [1.54, 1.807) is 6.20 Å². The molecule has 1 aromatic heterocycles. The molecule has 0 unspecified atom stereocenters. The van der Waals surface area contributed by atoms with E-state index in [2.05, 4.69) is 26.2 Å². The Morgan fingerprint density at radius 2 is 2.11 bits per heavy atom. The maximum Gasteiger partial charge on any atom is 0.307 e. The first kappa shape index (κ1) is 14.0. The third-order valence-electron chi connectivity index (χ3n) is 3.46. The van der Waals surface area contributed by atoms with Crippen molar-refractivity contribution < 1.29 is 14.7 Å².